The van der Waals surface area contributed by atoms with Crippen LogP contribution in [0.1, 0.15) is 0 Å². The van der Waals surface area contributed by atoms with Gasteiger partial charge in [0, 0.05) is 53.6 Å². The van der Waals surface area contributed by atoms with Crippen molar-refractivity contribution in [3.05, 3.63) is 0 Å². The summed E-state index contributed by atoms with van der Waals surface area (Å²) in [4.78, 5) is 0. The van der Waals surface area contributed by atoms with E-state index in [1.54, 1.807) is 0 Å². The minimum absolute atomic E-state index is 0. The van der Waals surface area contributed by atoms with E-state index in [1.165, 1.54) is 0 Å². The fraction of sp³-hybridized carbons (Fsp3) is 0. The number of hydrogen-bond acceptors (Lipinski definition) is 0. The zero-order chi connectivity index (χ0) is 0. The van der Waals surface area contributed by atoms with Gasteiger partial charge in [-0.1, -0.05) is 0 Å². The first-order valence-electron chi connectivity index (χ1n) is 0. The number of rotatable bonds is 0. The molecular formula is H5CuFeMgPZn. The topological polar surface area (TPSA) is 0 Å². The van der Waals surface area contributed by atoms with E-state index in [-0.39, 0.29) is 86.6 Å². The molecule has 0 spiro atoms. The van der Waals surface area contributed by atoms with Crippen LogP contribution in [0.4, 0.5) is 0 Å². The Bertz CT molecular complexity index is 11.6. The second kappa shape index (κ2) is 28.8. The molecule has 0 aromatic heterocycles. The third-order valence-corrected chi connectivity index (χ3v) is 0. The summed E-state index contributed by atoms with van der Waals surface area (Å²) < 4.78 is 0. The third kappa shape index (κ3) is 19.8. The summed E-state index contributed by atoms with van der Waals surface area (Å²) in [6.45, 7) is 0. The van der Waals surface area contributed by atoms with Gasteiger partial charge >= 0.3 is 23.1 Å². The Hall–Kier alpha value is 2.86. The number of hydrogen-bond donors (Lipinski definition) is 0. The molecule has 0 amide bonds. The summed E-state index contributed by atoms with van der Waals surface area (Å²) >= 11 is 0. The molecule has 33 valence electrons. The van der Waals surface area contributed by atoms with Crippen LogP contribution in [0, 0.1) is 0 Å². The van der Waals surface area contributed by atoms with Crippen molar-refractivity contribution < 1.29 is 53.6 Å². The van der Waals surface area contributed by atoms with Crippen molar-refractivity contribution in [1.29, 1.82) is 0 Å². The van der Waals surface area contributed by atoms with Crippen LogP contribution in [-0.2, 0) is 53.6 Å². The minimum atomic E-state index is 0. The van der Waals surface area contributed by atoms with E-state index in [0.717, 1.165) is 0 Å². The second-order valence-corrected chi connectivity index (χ2v) is 0. The van der Waals surface area contributed by atoms with Crippen molar-refractivity contribution in [3.8, 4) is 0 Å². The van der Waals surface area contributed by atoms with Gasteiger partial charge in [0.2, 0.25) is 0 Å². The zero-order valence-electron chi connectivity index (χ0n) is 2.07. The summed E-state index contributed by atoms with van der Waals surface area (Å²) in [7, 11) is 0. The first-order valence-corrected chi connectivity index (χ1v) is 0. The largest absolute Gasteiger partial charge is 0.316 e. The Morgan fingerprint density at radius 2 is 1.00 bits per heavy atom. The van der Waals surface area contributed by atoms with Crippen molar-refractivity contribution in [2.24, 2.45) is 0 Å². The first-order chi connectivity index (χ1) is 0. The molecule has 0 aromatic rings. The van der Waals surface area contributed by atoms with Gasteiger partial charge in [-0.3, -0.25) is 0 Å². The van der Waals surface area contributed by atoms with Gasteiger partial charge in [-0.05, 0) is 0 Å². The van der Waals surface area contributed by atoms with Gasteiger partial charge in [0.15, 0.2) is 0 Å². The van der Waals surface area contributed by atoms with E-state index in [9.17, 15) is 0 Å². The van der Waals surface area contributed by atoms with Gasteiger partial charge < -0.3 is 0 Å². The molecule has 1 atom stereocenters. The van der Waals surface area contributed by atoms with Gasteiger partial charge in [-0.2, -0.15) is 9.90 Å². The van der Waals surface area contributed by atoms with Crippen molar-refractivity contribution >= 4 is 33.0 Å². The van der Waals surface area contributed by atoms with Crippen LogP contribution in [-0.4, -0.2) is 23.1 Å². The smallest absolute Gasteiger partial charge is 0.153 e. The molecule has 0 nitrogen and oxygen atoms in total. The van der Waals surface area contributed by atoms with E-state index >= 15 is 0 Å². The van der Waals surface area contributed by atoms with E-state index in [1.807, 2.05) is 0 Å². The molecule has 0 aliphatic carbocycles. The van der Waals surface area contributed by atoms with Crippen LogP contribution in [0.25, 0.3) is 0 Å². The molecule has 0 N–H and O–H groups in total. The molecule has 1 radical (unpaired) electrons. The monoisotopic (exact) mass is 243 g/mol. The van der Waals surface area contributed by atoms with E-state index < -0.39 is 0 Å². The molecular weight excluding hydrogens is 240 g/mol. The van der Waals surface area contributed by atoms with Crippen molar-refractivity contribution in [1.82, 2.24) is 0 Å². The molecule has 0 rings (SSSR count). The van der Waals surface area contributed by atoms with Crippen LogP contribution < -0.4 is 0 Å². The summed E-state index contributed by atoms with van der Waals surface area (Å²) in [5.74, 6) is 0. The molecule has 0 aliphatic heterocycles. The Morgan fingerprint density at radius 3 is 1.00 bits per heavy atom. The maximum absolute atomic E-state index is 0. The summed E-state index contributed by atoms with van der Waals surface area (Å²) in [5.41, 5.74) is 0. The molecule has 5 heavy (non-hydrogen) atoms. The Kier molecular flexibility index (Phi) is 261. The molecule has 0 aliphatic rings. The molecule has 5 heteroatoms. The fourth-order valence-corrected chi connectivity index (χ4v) is 0. The van der Waals surface area contributed by atoms with Gasteiger partial charge in [0.1, 0.15) is 0 Å². The van der Waals surface area contributed by atoms with Crippen molar-refractivity contribution in [3.63, 3.8) is 0 Å². The summed E-state index contributed by atoms with van der Waals surface area (Å²) in [5, 5.41) is 0. The van der Waals surface area contributed by atoms with Crippen LogP contribution in [0.3, 0.4) is 0 Å². The Balaban J connectivity index is 0. The second-order valence-electron chi connectivity index (χ2n) is 0. The van der Waals surface area contributed by atoms with Gasteiger partial charge in [0.05, 0.1) is 0 Å². The average Bonchev–Trinajstić information content (AvgIpc) is 0. The van der Waals surface area contributed by atoms with Crippen LogP contribution >= 0.6 is 9.90 Å². The zero-order valence-corrected chi connectivity index (χ0v) is 8.50. The standard InChI is InChI=1S/Cu.Fe.Mg.H3P.Zn.2H/h;;;1H3;;;. The summed E-state index contributed by atoms with van der Waals surface area (Å²) in [6.07, 6.45) is 0. The Labute approximate surface area is 85.5 Å². The minimum Gasteiger partial charge on any atom is -0.153 e. The quantitative estimate of drug-likeness (QED) is 0.384. The van der Waals surface area contributed by atoms with Crippen molar-refractivity contribution in [2.45, 2.75) is 0 Å². The predicted molar refractivity (Wildman–Crippen MR) is 19.6 cm³/mol. The van der Waals surface area contributed by atoms with Crippen LogP contribution in [0.15, 0.2) is 0 Å². The molecule has 0 bridgehead atoms. The van der Waals surface area contributed by atoms with Crippen LogP contribution in [0.2, 0.25) is 0 Å². The first kappa shape index (κ1) is 45.2. The normalized spacial score (nSPS) is 0. The van der Waals surface area contributed by atoms with E-state index in [2.05, 4.69) is 0 Å². The molecule has 0 heterocycles. The maximum Gasteiger partial charge on any atom is 0.316 e. The predicted octanol–water partition coefficient (Wildman–Crippen LogP) is -0.866. The fourth-order valence-electron chi connectivity index (χ4n) is 0. The Morgan fingerprint density at radius 1 is 1.00 bits per heavy atom. The third-order valence-electron chi connectivity index (χ3n) is 0. The molecule has 0 saturated heterocycles. The average molecular weight is 245 g/mol. The SMILES string of the molecule is P.[Cu].[Fe].[MgH2].[Zn]. The van der Waals surface area contributed by atoms with E-state index in [4.69, 9.17) is 0 Å². The van der Waals surface area contributed by atoms with Gasteiger partial charge in [0.25, 0.3) is 0 Å². The van der Waals surface area contributed by atoms with Gasteiger partial charge in [-0.15, -0.1) is 0 Å². The molecule has 1 unspecified atom stereocenters. The van der Waals surface area contributed by atoms with E-state index in [0.29, 0.717) is 0 Å². The van der Waals surface area contributed by atoms with Gasteiger partial charge in [-0.25, -0.2) is 0 Å². The molecule has 0 saturated carbocycles. The van der Waals surface area contributed by atoms with Crippen LogP contribution in [0.5, 0.6) is 0 Å². The molecule has 0 fully saturated rings. The summed E-state index contributed by atoms with van der Waals surface area (Å²) in [6, 6.07) is 0. The maximum atomic E-state index is 0. The van der Waals surface area contributed by atoms with Crippen molar-refractivity contribution in [2.75, 3.05) is 0 Å². The molecule has 0 aromatic carbocycles.